The van der Waals surface area contributed by atoms with Gasteiger partial charge in [0.1, 0.15) is 5.60 Å². The number of amides is 1. The van der Waals surface area contributed by atoms with Crippen molar-refractivity contribution in [1.82, 2.24) is 9.88 Å². The van der Waals surface area contributed by atoms with Crippen molar-refractivity contribution in [1.29, 1.82) is 0 Å². The number of aromatic nitrogens is 1. The average molecular weight is 364 g/mol. The second-order valence-corrected chi connectivity index (χ2v) is 8.01. The molecule has 142 valence electrons. The van der Waals surface area contributed by atoms with Crippen LogP contribution >= 0.6 is 0 Å². The topological polar surface area (TPSA) is 42.4 Å². The van der Waals surface area contributed by atoms with Crippen molar-refractivity contribution in [3.63, 3.8) is 0 Å². The molecule has 2 heterocycles. The summed E-state index contributed by atoms with van der Waals surface area (Å²) in [6, 6.07) is 14.6. The van der Waals surface area contributed by atoms with Crippen LogP contribution in [0.15, 0.2) is 54.2 Å². The van der Waals surface area contributed by atoms with Crippen molar-refractivity contribution in [2.24, 2.45) is 0 Å². The first kappa shape index (κ1) is 19.2. The third-order valence-electron chi connectivity index (χ3n) is 4.49. The number of ether oxygens (including phenoxy) is 1. The molecule has 0 N–H and O–H groups in total. The summed E-state index contributed by atoms with van der Waals surface area (Å²) >= 11 is 0. The van der Waals surface area contributed by atoms with Gasteiger partial charge in [0.05, 0.1) is 0 Å². The summed E-state index contributed by atoms with van der Waals surface area (Å²) in [5.41, 5.74) is 4.48. The summed E-state index contributed by atoms with van der Waals surface area (Å²) in [5, 5.41) is 0. The van der Waals surface area contributed by atoms with Gasteiger partial charge in [0, 0.05) is 31.4 Å². The third-order valence-corrected chi connectivity index (χ3v) is 4.49. The highest BCUT2D eigenvalue weighted by Gasteiger charge is 2.24. The van der Waals surface area contributed by atoms with E-state index in [4.69, 9.17) is 4.74 Å². The highest BCUT2D eigenvalue weighted by Crippen LogP contribution is 2.22. The minimum Gasteiger partial charge on any atom is -0.444 e. The minimum absolute atomic E-state index is 0.209. The summed E-state index contributed by atoms with van der Waals surface area (Å²) in [6.45, 7) is 7.14. The summed E-state index contributed by atoms with van der Waals surface area (Å²) in [7, 11) is 0. The SMILES string of the molecule is CC(C)(C)OC(=O)N1CCC(=Cc2cccc(Cc3ccccn3)c2)CC1. The van der Waals surface area contributed by atoms with E-state index in [1.165, 1.54) is 16.7 Å². The first-order valence-corrected chi connectivity index (χ1v) is 9.55. The Morgan fingerprint density at radius 3 is 2.59 bits per heavy atom. The molecule has 0 spiro atoms. The molecule has 4 nitrogen and oxygen atoms in total. The highest BCUT2D eigenvalue weighted by molar-refractivity contribution is 5.68. The number of benzene rings is 1. The maximum absolute atomic E-state index is 12.2. The molecule has 0 saturated carbocycles. The number of hydrogen-bond acceptors (Lipinski definition) is 3. The molecule has 4 heteroatoms. The predicted molar refractivity (Wildman–Crippen MR) is 109 cm³/mol. The van der Waals surface area contributed by atoms with Gasteiger partial charge in [-0.25, -0.2) is 4.79 Å². The van der Waals surface area contributed by atoms with Crippen LogP contribution in [0.3, 0.4) is 0 Å². The Hall–Kier alpha value is -2.62. The van der Waals surface area contributed by atoms with Gasteiger partial charge in [-0.15, -0.1) is 0 Å². The van der Waals surface area contributed by atoms with Crippen molar-refractivity contribution in [3.05, 3.63) is 71.1 Å². The Morgan fingerprint density at radius 1 is 1.15 bits per heavy atom. The van der Waals surface area contributed by atoms with E-state index in [0.29, 0.717) is 13.1 Å². The summed E-state index contributed by atoms with van der Waals surface area (Å²) in [5.74, 6) is 0. The van der Waals surface area contributed by atoms with Crippen LogP contribution in [0.25, 0.3) is 6.08 Å². The fourth-order valence-electron chi connectivity index (χ4n) is 3.19. The van der Waals surface area contributed by atoms with Crippen LogP contribution in [0.2, 0.25) is 0 Å². The van der Waals surface area contributed by atoms with E-state index in [-0.39, 0.29) is 6.09 Å². The zero-order chi connectivity index (χ0) is 19.3. The van der Waals surface area contributed by atoms with E-state index in [1.807, 2.05) is 39.1 Å². The smallest absolute Gasteiger partial charge is 0.410 e. The van der Waals surface area contributed by atoms with Crippen molar-refractivity contribution < 1.29 is 9.53 Å². The van der Waals surface area contributed by atoms with E-state index < -0.39 is 5.60 Å². The molecule has 1 saturated heterocycles. The number of carbonyl (C=O) groups is 1. The lowest BCUT2D eigenvalue weighted by Gasteiger charge is -2.31. The Labute approximate surface area is 161 Å². The maximum Gasteiger partial charge on any atom is 0.410 e. The Bertz CT molecular complexity index is 797. The van der Waals surface area contributed by atoms with Gasteiger partial charge in [-0.2, -0.15) is 0 Å². The minimum atomic E-state index is -0.443. The van der Waals surface area contributed by atoms with Crippen LogP contribution in [-0.4, -0.2) is 34.7 Å². The maximum atomic E-state index is 12.2. The van der Waals surface area contributed by atoms with Gasteiger partial charge in [0.15, 0.2) is 0 Å². The highest BCUT2D eigenvalue weighted by atomic mass is 16.6. The molecule has 0 radical (unpaired) electrons. The van der Waals surface area contributed by atoms with Crippen LogP contribution in [0, 0.1) is 0 Å². The van der Waals surface area contributed by atoms with Gasteiger partial charge in [0.2, 0.25) is 0 Å². The third kappa shape index (κ3) is 5.95. The Morgan fingerprint density at radius 2 is 1.93 bits per heavy atom. The molecule has 0 unspecified atom stereocenters. The average Bonchev–Trinajstić information content (AvgIpc) is 2.62. The molecule has 1 aliphatic heterocycles. The van der Waals surface area contributed by atoms with Crippen molar-refractivity contribution >= 4 is 12.2 Å². The summed E-state index contributed by atoms with van der Waals surface area (Å²) in [4.78, 5) is 18.4. The molecule has 1 amide bonds. The number of likely N-dealkylation sites (tertiary alicyclic amines) is 1. The van der Waals surface area contributed by atoms with Crippen molar-refractivity contribution in [2.45, 2.75) is 45.6 Å². The van der Waals surface area contributed by atoms with E-state index in [0.717, 1.165) is 25.0 Å². The van der Waals surface area contributed by atoms with Crippen molar-refractivity contribution in [3.8, 4) is 0 Å². The van der Waals surface area contributed by atoms with Gasteiger partial charge in [0.25, 0.3) is 0 Å². The van der Waals surface area contributed by atoms with Crippen LogP contribution < -0.4 is 0 Å². The Kier molecular flexibility index (Phi) is 5.94. The molecular weight excluding hydrogens is 336 g/mol. The van der Waals surface area contributed by atoms with Gasteiger partial charge < -0.3 is 9.64 Å². The summed E-state index contributed by atoms with van der Waals surface area (Å²) < 4.78 is 5.46. The lowest BCUT2D eigenvalue weighted by atomic mass is 9.99. The number of carbonyl (C=O) groups excluding carboxylic acids is 1. The first-order valence-electron chi connectivity index (χ1n) is 9.55. The first-order chi connectivity index (χ1) is 12.9. The molecule has 1 aromatic heterocycles. The van der Waals surface area contributed by atoms with E-state index in [1.54, 1.807) is 4.90 Å². The molecule has 0 aliphatic carbocycles. The van der Waals surface area contributed by atoms with Crippen LogP contribution in [0.5, 0.6) is 0 Å². The fraction of sp³-hybridized carbons (Fsp3) is 0.391. The standard InChI is InChI=1S/C23H28N2O2/c1-23(2,3)27-22(26)25-13-10-18(11-14-25)15-19-7-6-8-20(16-19)17-21-9-4-5-12-24-21/h4-9,12,15-16H,10-11,13-14,17H2,1-3H3. The quantitative estimate of drug-likeness (QED) is 0.762. The fourth-order valence-corrected chi connectivity index (χ4v) is 3.19. The molecule has 0 atom stereocenters. The van der Waals surface area contributed by atoms with Crippen molar-refractivity contribution in [2.75, 3.05) is 13.1 Å². The van der Waals surface area contributed by atoms with Gasteiger partial charge in [-0.05, 0) is 56.9 Å². The Balaban J connectivity index is 1.60. The number of hydrogen-bond donors (Lipinski definition) is 0. The molecule has 27 heavy (non-hydrogen) atoms. The van der Waals surface area contributed by atoms with E-state index in [2.05, 4.69) is 41.4 Å². The lowest BCUT2D eigenvalue weighted by molar-refractivity contribution is 0.0237. The van der Waals surface area contributed by atoms with Crippen LogP contribution in [0.1, 0.15) is 50.4 Å². The molecule has 0 bridgehead atoms. The number of nitrogens with zero attached hydrogens (tertiary/aromatic N) is 2. The second kappa shape index (κ2) is 8.38. The number of pyridine rings is 1. The number of piperidine rings is 1. The molecule has 2 aromatic rings. The zero-order valence-corrected chi connectivity index (χ0v) is 16.4. The van der Waals surface area contributed by atoms with Crippen LogP contribution in [-0.2, 0) is 11.2 Å². The number of rotatable bonds is 3. The zero-order valence-electron chi connectivity index (χ0n) is 16.4. The lowest BCUT2D eigenvalue weighted by Crippen LogP contribution is -2.40. The van der Waals surface area contributed by atoms with Gasteiger partial charge >= 0.3 is 6.09 Å². The molecular formula is C23H28N2O2. The molecule has 1 aliphatic rings. The molecule has 3 rings (SSSR count). The van der Waals surface area contributed by atoms with E-state index in [9.17, 15) is 4.79 Å². The molecule has 1 fully saturated rings. The normalized spacial score (nSPS) is 14.8. The van der Waals surface area contributed by atoms with Gasteiger partial charge in [-0.1, -0.05) is 42.0 Å². The van der Waals surface area contributed by atoms with E-state index >= 15 is 0 Å². The van der Waals surface area contributed by atoms with Gasteiger partial charge in [-0.3, -0.25) is 4.98 Å². The second-order valence-electron chi connectivity index (χ2n) is 8.01. The van der Waals surface area contributed by atoms with Crippen LogP contribution in [0.4, 0.5) is 4.79 Å². The molecule has 1 aromatic carbocycles. The summed E-state index contributed by atoms with van der Waals surface area (Å²) in [6.07, 6.45) is 6.50. The monoisotopic (exact) mass is 364 g/mol. The predicted octanol–water partition coefficient (Wildman–Crippen LogP) is 5.09. The largest absolute Gasteiger partial charge is 0.444 e.